The minimum absolute atomic E-state index is 0.00541. The van der Waals surface area contributed by atoms with E-state index in [0.717, 1.165) is 42.9 Å². The van der Waals surface area contributed by atoms with Gasteiger partial charge in [-0.3, -0.25) is 19.4 Å². The highest BCUT2D eigenvalue weighted by Crippen LogP contribution is 2.34. The van der Waals surface area contributed by atoms with E-state index in [4.69, 9.17) is 23.2 Å². The molecule has 3 atom stereocenters. The minimum atomic E-state index is -0.280. The van der Waals surface area contributed by atoms with E-state index in [-0.39, 0.29) is 17.9 Å². The van der Waals surface area contributed by atoms with Crippen LogP contribution in [0.25, 0.3) is 0 Å². The Morgan fingerprint density at radius 3 is 2.34 bits per heavy atom. The monoisotopic (exact) mass is 610 g/mol. The quantitative estimate of drug-likeness (QED) is 0.327. The summed E-state index contributed by atoms with van der Waals surface area (Å²) in [6.45, 7) is 9.31. The molecular formula is C32H36Cl2N4O2S. The second-order valence-corrected chi connectivity index (χ2v) is 13.5. The zero-order valence-electron chi connectivity index (χ0n) is 23.6. The maximum Gasteiger partial charge on any atom is 0.254 e. The van der Waals surface area contributed by atoms with E-state index in [1.54, 1.807) is 6.07 Å². The molecule has 0 N–H and O–H groups in total. The smallest absolute Gasteiger partial charge is 0.254 e. The molecule has 4 heterocycles. The fraction of sp³-hybridized carbons (Fsp3) is 0.438. The largest absolute Gasteiger partial charge is 0.334 e. The number of benzene rings is 2. The van der Waals surface area contributed by atoms with Gasteiger partial charge >= 0.3 is 0 Å². The van der Waals surface area contributed by atoms with Crippen LogP contribution in [0.15, 0.2) is 53.9 Å². The highest BCUT2D eigenvalue weighted by Gasteiger charge is 2.43. The maximum absolute atomic E-state index is 13.7. The number of hydrogen-bond acceptors (Lipinski definition) is 5. The van der Waals surface area contributed by atoms with Crippen molar-refractivity contribution >= 4 is 46.4 Å². The van der Waals surface area contributed by atoms with Crippen LogP contribution in [0.4, 0.5) is 0 Å². The number of hydrogen-bond donors (Lipinski definition) is 0. The van der Waals surface area contributed by atoms with Crippen LogP contribution in [0.1, 0.15) is 50.8 Å². The number of rotatable bonds is 7. The van der Waals surface area contributed by atoms with Crippen molar-refractivity contribution < 1.29 is 9.59 Å². The van der Waals surface area contributed by atoms with Crippen molar-refractivity contribution in [2.24, 2.45) is 0 Å². The zero-order valence-corrected chi connectivity index (χ0v) is 25.9. The number of carbonyl (C=O) groups excluding carboxylic acids is 2. The van der Waals surface area contributed by atoms with Gasteiger partial charge in [0.05, 0.1) is 16.1 Å². The first kappa shape index (κ1) is 28.7. The summed E-state index contributed by atoms with van der Waals surface area (Å²) in [4.78, 5) is 37.6. The number of amides is 2. The van der Waals surface area contributed by atoms with Crippen molar-refractivity contribution in [3.63, 3.8) is 0 Å². The predicted molar refractivity (Wildman–Crippen MR) is 166 cm³/mol. The average molecular weight is 612 g/mol. The summed E-state index contributed by atoms with van der Waals surface area (Å²) in [5, 5.41) is 3.07. The molecule has 0 radical (unpaired) electrons. The van der Waals surface area contributed by atoms with Gasteiger partial charge in [-0.05, 0) is 61.5 Å². The van der Waals surface area contributed by atoms with Crippen LogP contribution in [0.2, 0.25) is 10.0 Å². The van der Waals surface area contributed by atoms with E-state index in [1.165, 1.54) is 11.3 Å². The summed E-state index contributed by atoms with van der Waals surface area (Å²) < 4.78 is 0. The second kappa shape index (κ2) is 12.1. The molecule has 9 heteroatoms. The summed E-state index contributed by atoms with van der Waals surface area (Å²) in [7, 11) is 0. The van der Waals surface area contributed by atoms with Crippen LogP contribution in [0.5, 0.6) is 0 Å². The van der Waals surface area contributed by atoms with E-state index < -0.39 is 0 Å². The third-order valence-electron chi connectivity index (χ3n) is 8.80. The number of aryl methyl sites for hydroxylation is 2. The third kappa shape index (κ3) is 6.20. The normalized spacial score (nSPS) is 23.0. The van der Waals surface area contributed by atoms with Crippen LogP contribution in [0, 0.1) is 13.8 Å². The number of thiophene rings is 1. The summed E-state index contributed by atoms with van der Waals surface area (Å²) in [6.07, 6.45) is 1.65. The van der Waals surface area contributed by atoms with Crippen LogP contribution in [0.3, 0.4) is 0 Å². The third-order valence-corrected chi connectivity index (χ3v) is 10.4. The van der Waals surface area contributed by atoms with Crippen molar-refractivity contribution in [2.75, 3.05) is 39.3 Å². The van der Waals surface area contributed by atoms with Crippen LogP contribution in [-0.4, -0.2) is 82.8 Å². The lowest BCUT2D eigenvalue weighted by atomic mass is 10.00. The molecule has 3 aliphatic heterocycles. The van der Waals surface area contributed by atoms with Crippen molar-refractivity contribution in [3.8, 4) is 0 Å². The van der Waals surface area contributed by atoms with Gasteiger partial charge in [-0.1, -0.05) is 52.5 Å². The number of fused-ring (bicyclic) bond motifs is 2. The maximum atomic E-state index is 13.7. The fourth-order valence-corrected chi connectivity index (χ4v) is 7.87. The second-order valence-electron chi connectivity index (χ2n) is 11.7. The number of carbonyl (C=O) groups is 2. The van der Waals surface area contributed by atoms with Crippen molar-refractivity contribution in [1.29, 1.82) is 0 Å². The van der Waals surface area contributed by atoms with Gasteiger partial charge in [-0.2, -0.15) is 0 Å². The van der Waals surface area contributed by atoms with Crippen LogP contribution < -0.4 is 0 Å². The highest BCUT2D eigenvalue weighted by molar-refractivity contribution is 7.09. The molecule has 0 spiro atoms. The van der Waals surface area contributed by atoms with E-state index in [0.29, 0.717) is 53.7 Å². The van der Waals surface area contributed by atoms with Crippen molar-refractivity contribution in [1.82, 2.24) is 19.6 Å². The van der Waals surface area contributed by atoms with E-state index in [1.807, 2.05) is 59.2 Å². The molecule has 3 aliphatic rings. The Hall–Kier alpha value is -2.42. The molecule has 2 aromatic carbocycles. The van der Waals surface area contributed by atoms with Crippen molar-refractivity contribution in [2.45, 2.75) is 51.4 Å². The Kier molecular flexibility index (Phi) is 8.44. The van der Waals surface area contributed by atoms with Gasteiger partial charge in [0.1, 0.15) is 0 Å². The molecule has 6 nitrogen and oxygen atoms in total. The number of piperazine rings is 2. The van der Waals surface area contributed by atoms with Crippen molar-refractivity contribution in [3.05, 3.63) is 91.1 Å². The summed E-state index contributed by atoms with van der Waals surface area (Å²) in [5.74, 6) is 0.118. The Morgan fingerprint density at radius 2 is 1.66 bits per heavy atom. The molecule has 2 amide bonds. The van der Waals surface area contributed by atoms with Crippen LogP contribution >= 0.6 is 34.5 Å². The Bertz CT molecular complexity index is 1410. The standard InChI is InChI=1S/C32H36Cl2N4O2S/c1-21-12-22(2)14-24(13-21)32(40)36-9-10-38(30(20-36)23-5-6-28(33)29(34)15-23)31(39)7-8-35-17-26-16-25(35)18-37(26)19-27-4-3-11-41-27/h3-6,11-15,25-26,30H,7-10,16-20H2,1-2H3/t25-,26-,30-/m0/s1. The van der Waals surface area contributed by atoms with Gasteiger partial charge in [0, 0.05) is 74.8 Å². The molecule has 1 aromatic heterocycles. The minimum Gasteiger partial charge on any atom is -0.334 e. The van der Waals surface area contributed by atoms with E-state index in [9.17, 15) is 9.59 Å². The first-order chi connectivity index (χ1) is 19.7. The molecule has 216 valence electrons. The molecule has 3 saturated heterocycles. The number of halogens is 2. The fourth-order valence-electron chi connectivity index (χ4n) is 6.84. The Labute approximate surface area is 256 Å². The molecule has 2 bridgehead atoms. The molecule has 0 unspecified atom stereocenters. The predicted octanol–water partition coefficient (Wildman–Crippen LogP) is 6.05. The summed E-state index contributed by atoms with van der Waals surface area (Å²) in [6, 6.07) is 16.6. The molecule has 3 fully saturated rings. The molecule has 41 heavy (non-hydrogen) atoms. The first-order valence-electron chi connectivity index (χ1n) is 14.4. The van der Waals surface area contributed by atoms with Gasteiger partial charge in [0.15, 0.2) is 0 Å². The number of likely N-dealkylation sites (tertiary alicyclic amines) is 2. The molecule has 0 saturated carbocycles. The summed E-state index contributed by atoms with van der Waals surface area (Å²) in [5.41, 5.74) is 3.71. The van der Waals surface area contributed by atoms with Gasteiger partial charge < -0.3 is 9.80 Å². The average Bonchev–Trinajstić information content (AvgIpc) is 3.70. The topological polar surface area (TPSA) is 47.1 Å². The Morgan fingerprint density at radius 1 is 0.902 bits per heavy atom. The lowest BCUT2D eigenvalue weighted by molar-refractivity contribution is -0.136. The summed E-state index contributed by atoms with van der Waals surface area (Å²) >= 11 is 14.5. The molecule has 3 aromatic rings. The molecular weight excluding hydrogens is 575 g/mol. The lowest BCUT2D eigenvalue weighted by Gasteiger charge is -2.42. The van der Waals surface area contributed by atoms with Gasteiger partial charge in [0.25, 0.3) is 5.91 Å². The number of nitrogens with zero attached hydrogens (tertiary/aromatic N) is 4. The van der Waals surface area contributed by atoms with E-state index in [2.05, 4.69) is 33.4 Å². The van der Waals surface area contributed by atoms with E-state index >= 15 is 0 Å². The van der Waals surface area contributed by atoms with Gasteiger partial charge in [-0.25, -0.2) is 0 Å². The highest BCUT2D eigenvalue weighted by atomic mass is 35.5. The van der Waals surface area contributed by atoms with Gasteiger partial charge in [0.2, 0.25) is 5.91 Å². The molecule has 6 rings (SSSR count). The SMILES string of the molecule is Cc1cc(C)cc(C(=O)N2CCN(C(=O)CCN3C[C@@H]4C[C@H]3CN4Cc3cccs3)[C@H](c3ccc(Cl)c(Cl)c3)C2)c1. The first-order valence-corrected chi connectivity index (χ1v) is 16.0. The lowest BCUT2D eigenvalue weighted by Crippen LogP contribution is -2.53. The Balaban J connectivity index is 1.12. The van der Waals surface area contributed by atoms with Crippen LogP contribution in [-0.2, 0) is 11.3 Å². The molecule has 0 aliphatic carbocycles. The zero-order chi connectivity index (χ0) is 28.7. The van der Waals surface area contributed by atoms with Gasteiger partial charge in [-0.15, -0.1) is 11.3 Å².